The number of carbonyl (C=O) groups is 2. The maximum Gasteiger partial charge on any atom is 0.334 e. The zero-order valence-electron chi connectivity index (χ0n) is 11.6. The van der Waals surface area contributed by atoms with Crippen LogP contribution in [0.3, 0.4) is 0 Å². The molecule has 2 atom stereocenters. The Morgan fingerprint density at radius 1 is 1.37 bits per heavy atom. The van der Waals surface area contributed by atoms with Gasteiger partial charge < -0.3 is 19.5 Å². The molecule has 0 radical (unpaired) electrons. The molecule has 0 aromatic heterocycles. The molecule has 0 spiro atoms. The molecule has 19 heavy (non-hydrogen) atoms. The number of rotatable bonds is 7. The molecule has 1 rings (SSSR count). The number of hydrogen-bond donors (Lipinski definition) is 1. The minimum atomic E-state index is -1.03. The van der Waals surface area contributed by atoms with Crippen molar-refractivity contribution in [2.24, 2.45) is 0 Å². The molecule has 6 nitrogen and oxygen atoms in total. The van der Waals surface area contributed by atoms with Gasteiger partial charge in [-0.15, -0.1) is 0 Å². The molecule has 1 fully saturated rings. The molecule has 0 saturated carbocycles. The van der Waals surface area contributed by atoms with E-state index in [2.05, 4.69) is 6.92 Å². The van der Waals surface area contributed by atoms with E-state index in [-0.39, 0.29) is 25.2 Å². The van der Waals surface area contributed by atoms with Gasteiger partial charge in [-0.2, -0.15) is 0 Å². The number of unbranched alkanes of at least 4 members (excludes halogenated alkanes) is 2. The maximum absolute atomic E-state index is 11.9. The first-order chi connectivity index (χ1) is 9.04. The Hall–Kier alpha value is -1.14. The van der Waals surface area contributed by atoms with Crippen LogP contribution in [0, 0.1) is 0 Å². The lowest BCUT2D eigenvalue weighted by molar-refractivity contribution is -0.167. The molecule has 0 aromatic carbocycles. The summed E-state index contributed by atoms with van der Waals surface area (Å²) in [7, 11) is 0. The number of nitrogens with zero attached hydrogens (tertiary/aromatic N) is 1. The van der Waals surface area contributed by atoms with Crippen molar-refractivity contribution in [2.75, 3.05) is 26.3 Å². The zero-order valence-corrected chi connectivity index (χ0v) is 11.6. The molecule has 1 amide bonds. The smallest absolute Gasteiger partial charge is 0.334 e. The fraction of sp³-hybridized carbons (Fsp3) is 0.846. The van der Waals surface area contributed by atoms with Crippen molar-refractivity contribution in [3.63, 3.8) is 0 Å². The van der Waals surface area contributed by atoms with Gasteiger partial charge in [0.1, 0.15) is 6.61 Å². The molecule has 1 aliphatic rings. The highest BCUT2D eigenvalue weighted by Crippen LogP contribution is 2.11. The average Bonchev–Trinajstić information content (AvgIpc) is 2.37. The topological polar surface area (TPSA) is 76.1 Å². The molecule has 1 saturated heterocycles. The van der Waals surface area contributed by atoms with Crippen molar-refractivity contribution < 1.29 is 24.2 Å². The molecular formula is C13H23NO5. The summed E-state index contributed by atoms with van der Waals surface area (Å²) in [5.41, 5.74) is 0. The summed E-state index contributed by atoms with van der Waals surface area (Å²) in [6.07, 6.45) is 1.94. The first kappa shape index (κ1) is 15.9. The van der Waals surface area contributed by atoms with Crippen LogP contribution in [-0.2, 0) is 19.1 Å². The zero-order chi connectivity index (χ0) is 14.3. The van der Waals surface area contributed by atoms with E-state index in [0.29, 0.717) is 13.2 Å². The summed E-state index contributed by atoms with van der Waals surface area (Å²) in [6, 6.07) is 0. The summed E-state index contributed by atoms with van der Waals surface area (Å²) in [4.78, 5) is 24.3. The van der Waals surface area contributed by atoms with E-state index in [0.717, 1.165) is 19.3 Å². The lowest BCUT2D eigenvalue weighted by atomic mass is 10.2. The molecule has 0 aromatic rings. The van der Waals surface area contributed by atoms with Crippen LogP contribution in [0.2, 0.25) is 0 Å². The predicted octanol–water partition coefficient (Wildman–Crippen LogP) is 0.894. The standard InChI is InChI=1S/C13H23NO5/c1-3-4-5-6-18-9-12(15)14-7-10(2)19-11(8-14)13(16)17/h10-11H,3-9H2,1-2H3,(H,16,17)/t10-,11?/m1/s1. The maximum atomic E-state index is 11.9. The molecule has 1 heterocycles. The van der Waals surface area contributed by atoms with Gasteiger partial charge in [-0.3, -0.25) is 4.79 Å². The monoisotopic (exact) mass is 273 g/mol. The summed E-state index contributed by atoms with van der Waals surface area (Å²) >= 11 is 0. The second-order valence-electron chi connectivity index (χ2n) is 4.83. The highest BCUT2D eigenvalue weighted by Gasteiger charge is 2.32. The SMILES string of the molecule is CCCCCOCC(=O)N1CC(C(=O)O)O[C@H](C)C1. The van der Waals surface area contributed by atoms with Gasteiger partial charge in [0, 0.05) is 13.2 Å². The van der Waals surface area contributed by atoms with E-state index >= 15 is 0 Å². The highest BCUT2D eigenvalue weighted by atomic mass is 16.5. The summed E-state index contributed by atoms with van der Waals surface area (Å²) in [5.74, 6) is -1.20. The minimum Gasteiger partial charge on any atom is -0.479 e. The van der Waals surface area contributed by atoms with Gasteiger partial charge in [-0.05, 0) is 13.3 Å². The Labute approximate surface area is 113 Å². The van der Waals surface area contributed by atoms with Crippen LogP contribution in [-0.4, -0.2) is 60.4 Å². The normalized spacial score (nSPS) is 23.4. The summed E-state index contributed by atoms with van der Waals surface area (Å²) in [6.45, 7) is 4.96. The number of aliphatic carboxylic acids is 1. The second-order valence-corrected chi connectivity index (χ2v) is 4.83. The lowest BCUT2D eigenvalue weighted by Crippen LogP contribution is -2.52. The van der Waals surface area contributed by atoms with E-state index in [1.54, 1.807) is 6.92 Å². The van der Waals surface area contributed by atoms with Crippen molar-refractivity contribution in [2.45, 2.75) is 45.3 Å². The molecular weight excluding hydrogens is 250 g/mol. The van der Waals surface area contributed by atoms with Gasteiger partial charge in [0.15, 0.2) is 6.10 Å². The number of hydrogen-bond acceptors (Lipinski definition) is 4. The van der Waals surface area contributed by atoms with Crippen molar-refractivity contribution in [1.29, 1.82) is 0 Å². The number of ether oxygens (including phenoxy) is 2. The van der Waals surface area contributed by atoms with Crippen LogP contribution < -0.4 is 0 Å². The fourth-order valence-electron chi connectivity index (χ4n) is 2.00. The number of carbonyl (C=O) groups excluding carboxylic acids is 1. The van der Waals surface area contributed by atoms with Crippen LogP contribution in [0.25, 0.3) is 0 Å². The van der Waals surface area contributed by atoms with Gasteiger partial charge >= 0.3 is 5.97 Å². The fourth-order valence-corrected chi connectivity index (χ4v) is 2.00. The molecule has 110 valence electrons. The molecule has 6 heteroatoms. The van der Waals surface area contributed by atoms with E-state index < -0.39 is 12.1 Å². The molecule has 1 aliphatic heterocycles. The Morgan fingerprint density at radius 2 is 2.11 bits per heavy atom. The molecule has 0 aliphatic carbocycles. The molecule has 1 N–H and O–H groups in total. The van der Waals surface area contributed by atoms with E-state index in [1.807, 2.05) is 0 Å². The van der Waals surface area contributed by atoms with Gasteiger partial charge in [-0.1, -0.05) is 19.8 Å². The van der Waals surface area contributed by atoms with Crippen LogP contribution in [0.15, 0.2) is 0 Å². The van der Waals surface area contributed by atoms with Gasteiger partial charge in [0.2, 0.25) is 5.91 Å². The van der Waals surface area contributed by atoms with E-state index in [9.17, 15) is 9.59 Å². The van der Waals surface area contributed by atoms with Crippen LogP contribution in [0.4, 0.5) is 0 Å². The third-order valence-electron chi connectivity index (χ3n) is 3.01. The first-order valence-corrected chi connectivity index (χ1v) is 6.78. The van der Waals surface area contributed by atoms with Crippen LogP contribution in [0.5, 0.6) is 0 Å². The molecule has 1 unspecified atom stereocenters. The van der Waals surface area contributed by atoms with Crippen molar-refractivity contribution in [3.05, 3.63) is 0 Å². The average molecular weight is 273 g/mol. The highest BCUT2D eigenvalue weighted by molar-refractivity contribution is 5.79. The second kappa shape index (κ2) is 8.12. The summed E-state index contributed by atoms with van der Waals surface area (Å²) < 4.78 is 10.6. The number of amides is 1. The van der Waals surface area contributed by atoms with E-state index in [4.69, 9.17) is 14.6 Å². The van der Waals surface area contributed by atoms with Crippen molar-refractivity contribution in [1.82, 2.24) is 4.90 Å². The molecule has 0 bridgehead atoms. The predicted molar refractivity (Wildman–Crippen MR) is 68.9 cm³/mol. The van der Waals surface area contributed by atoms with Gasteiger partial charge in [0.25, 0.3) is 0 Å². The van der Waals surface area contributed by atoms with Crippen molar-refractivity contribution in [3.8, 4) is 0 Å². The Balaban J connectivity index is 2.32. The lowest BCUT2D eigenvalue weighted by Gasteiger charge is -2.34. The third kappa shape index (κ3) is 5.57. The third-order valence-corrected chi connectivity index (χ3v) is 3.01. The van der Waals surface area contributed by atoms with Crippen LogP contribution >= 0.6 is 0 Å². The minimum absolute atomic E-state index is 0.0166. The van der Waals surface area contributed by atoms with Crippen molar-refractivity contribution >= 4 is 11.9 Å². The quantitative estimate of drug-likeness (QED) is 0.697. The largest absolute Gasteiger partial charge is 0.479 e. The van der Waals surface area contributed by atoms with Gasteiger partial charge in [-0.25, -0.2) is 4.79 Å². The summed E-state index contributed by atoms with van der Waals surface area (Å²) in [5, 5.41) is 8.93. The Bertz CT molecular complexity index is 307. The van der Waals surface area contributed by atoms with Gasteiger partial charge in [0.05, 0.1) is 12.6 Å². The Morgan fingerprint density at radius 3 is 2.74 bits per heavy atom. The number of carboxylic acids is 1. The number of carboxylic acid groups (broad SMARTS) is 1. The Kier molecular flexibility index (Phi) is 6.80. The number of morpholine rings is 1. The van der Waals surface area contributed by atoms with E-state index in [1.165, 1.54) is 4.90 Å². The van der Waals surface area contributed by atoms with Crippen LogP contribution in [0.1, 0.15) is 33.1 Å². The first-order valence-electron chi connectivity index (χ1n) is 6.78.